The highest BCUT2D eigenvalue weighted by atomic mass is 19.4. The molecule has 0 unspecified atom stereocenters. The highest BCUT2D eigenvalue weighted by molar-refractivity contribution is 5.64. The predicted octanol–water partition coefficient (Wildman–Crippen LogP) is 5.99. The van der Waals surface area contributed by atoms with Crippen molar-refractivity contribution in [2.24, 2.45) is 0 Å². The molecule has 0 aliphatic carbocycles. The Labute approximate surface area is 120 Å². The summed E-state index contributed by atoms with van der Waals surface area (Å²) >= 11 is 0. The minimum absolute atomic E-state index is 0.276. The van der Waals surface area contributed by atoms with Gasteiger partial charge in [-0.2, -0.15) is 13.2 Å². The van der Waals surface area contributed by atoms with E-state index in [-0.39, 0.29) is 6.42 Å². The molecule has 0 radical (unpaired) electrons. The number of alkyl halides is 3. The van der Waals surface area contributed by atoms with Gasteiger partial charge in [-0.15, -0.1) is 0 Å². The van der Waals surface area contributed by atoms with E-state index in [1.54, 1.807) is 6.08 Å². The van der Waals surface area contributed by atoms with Crippen molar-refractivity contribution in [3.63, 3.8) is 0 Å². The van der Waals surface area contributed by atoms with E-state index < -0.39 is 12.6 Å². The van der Waals surface area contributed by atoms with Crippen LogP contribution in [-0.4, -0.2) is 12.5 Å². The Morgan fingerprint density at radius 1 is 0.700 bits per heavy atom. The molecule has 0 fully saturated rings. The third kappa shape index (κ3) is 17.2. The second-order valence-corrected chi connectivity index (χ2v) is 5.25. The first kappa shape index (κ1) is 19.2. The molecule has 0 aliphatic rings. The largest absolute Gasteiger partial charge is 0.389 e. The third-order valence-electron chi connectivity index (χ3n) is 3.30. The van der Waals surface area contributed by atoms with Crippen LogP contribution in [0.15, 0.2) is 12.2 Å². The zero-order chi connectivity index (χ0) is 15.1. The van der Waals surface area contributed by atoms with Crippen molar-refractivity contribution in [1.82, 2.24) is 0 Å². The Morgan fingerprint density at radius 3 is 1.60 bits per heavy atom. The van der Waals surface area contributed by atoms with E-state index in [0.717, 1.165) is 38.4 Å². The van der Waals surface area contributed by atoms with Crippen molar-refractivity contribution >= 4 is 6.29 Å². The number of carbonyl (C=O) groups excluding carboxylic acids is 1. The van der Waals surface area contributed by atoms with Gasteiger partial charge < -0.3 is 0 Å². The first-order valence-electron chi connectivity index (χ1n) is 7.73. The van der Waals surface area contributed by atoms with Crippen LogP contribution >= 0.6 is 0 Å². The third-order valence-corrected chi connectivity index (χ3v) is 3.30. The molecule has 0 rings (SSSR count). The van der Waals surface area contributed by atoms with Crippen LogP contribution in [0.1, 0.15) is 77.0 Å². The summed E-state index contributed by atoms with van der Waals surface area (Å²) in [7, 11) is 0. The number of hydrogen-bond acceptors (Lipinski definition) is 1. The van der Waals surface area contributed by atoms with Crippen molar-refractivity contribution in [3.05, 3.63) is 12.2 Å². The normalized spacial score (nSPS) is 12.2. The molecule has 0 aromatic carbocycles. The second-order valence-electron chi connectivity index (χ2n) is 5.25. The summed E-state index contributed by atoms with van der Waals surface area (Å²) in [5.74, 6) is 0. The summed E-state index contributed by atoms with van der Waals surface area (Å²) in [6.07, 6.45) is 10.6. The minimum atomic E-state index is -3.99. The van der Waals surface area contributed by atoms with Gasteiger partial charge >= 0.3 is 6.18 Å². The van der Waals surface area contributed by atoms with E-state index in [2.05, 4.69) is 0 Å². The molecule has 0 aliphatic heterocycles. The van der Waals surface area contributed by atoms with Crippen LogP contribution in [0.3, 0.4) is 0 Å². The lowest BCUT2D eigenvalue weighted by Gasteiger charge is -2.05. The van der Waals surface area contributed by atoms with Crippen LogP contribution in [0.2, 0.25) is 0 Å². The van der Waals surface area contributed by atoms with E-state index in [4.69, 9.17) is 0 Å². The quantitative estimate of drug-likeness (QED) is 0.232. The molecule has 118 valence electrons. The van der Waals surface area contributed by atoms with Crippen LogP contribution in [0, 0.1) is 0 Å². The Balaban J connectivity index is 3.06. The summed E-state index contributed by atoms with van der Waals surface area (Å²) in [6.45, 7) is 0. The number of hydrogen-bond donors (Lipinski definition) is 0. The van der Waals surface area contributed by atoms with Crippen LogP contribution in [-0.2, 0) is 4.79 Å². The van der Waals surface area contributed by atoms with E-state index in [9.17, 15) is 18.0 Å². The summed E-state index contributed by atoms with van der Waals surface area (Å²) in [5.41, 5.74) is 0. The molecule has 0 aromatic heterocycles. The first-order valence-corrected chi connectivity index (χ1v) is 7.73. The van der Waals surface area contributed by atoms with Gasteiger partial charge in [-0.25, -0.2) is 0 Å². The van der Waals surface area contributed by atoms with Crippen LogP contribution in [0.4, 0.5) is 13.2 Å². The highest BCUT2D eigenvalue weighted by Crippen LogP contribution is 2.23. The molecule has 0 saturated carbocycles. The van der Waals surface area contributed by atoms with E-state index in [1.165, 1.54) is 25.7 Å². The molecule has 0 saturated heterocycles. The summed E-state index contributed by atoms with van der Waals surface area (Å²) in [5, 5.41) is 0. The number of aldehydes is 1. The Hall–Kier alpha value is -0.800. The lowest BCUT2D eigenvalue weighted by Crippen LogP contribution is -2.06. The van der Waals surface area contributed by atoms with Gasteiger partial charge in [-0.1, -0.05) is 57.4 Å². The van der Waals surface area contributed by atoms with Crippen molar-refractivity contribution in [2.45, 2.75) is 83.2 Å². The minimum Gasteiger partial charge on any atom is -0.299 e. The van der Waals surface area contributed by atoms with Crippen LogP contribution in [0.5, 0.6) is 0 Å². The molecule has 0 heterocycles. The van der Waals surface area contributed by atoms with Gasteiger partial charge in [0, 0.05) is 6.42 Å². The number of halogens is 3. The molecule has 0 spiro atoms. The van der Waals surface area contributed by atoms with Gasteiger partial charge in [-0.05, 0) is 25.3 Å². The maximum atomic E-state index is 11.9. The Kier molecular flexibility index (Phi) is 12.7. The topological polar surface area (TPSA) is 17.1 Å². The molecule has 0 amide bonds. The fraction of sp³-hybridized carbons (Fsp3) is 0.812. The van der Waals surface area contributed by atoms with Crippen molar-refractivity contribution in [2.75, 3.05) is 0 Å². The molecule has 4 heteroatoms. The summed E-state index contributed by atoms with van der Waals surface area (Å²) in [6, 6.07) is 0. The maximum absolute atomic E-state index is 11.9. The van der Waals surface area contributed by atoms with Gasteiger partial charge in [0.25, 0.3) is 0 Å². The SMILES string of the molecule is O=CC=CCCCCCCCCCCCCC(F)(F)F. The first-order chi connectivity index (χ1) is 9.56. The molecule has 0 aromatic rings. The van der Waals surface area contributed by atoms with Gasteiger partial charge in [0.1, 0.15) is 6.29 Å². The molecule has 1 nitrogen and oxygen atoms in total. The molecule has 0 atom stereocenters. The average Bonchev–Trinajstić information content (AvgIpc) is 2.38. The van der Waals surface area contributed by atoms with E-state index in [1.807, 2.05) is 6.08 Å². The van der Waals surface area contributed by atoms with Crippen LogP contribution < -0.4 is 0 Å². The van der Waals surface area contributed by atoms with Gasteiger partial charge in [0.15, 0.2) is 0 Å². The molecule has 20 heavy (non-hydrogen) atoms. The number of unbranched alkanes of at least 4 members (excludes halogenated alkanes) is 10. The predicted molar refractivity (Wildman–Crippen MR) is 76.7 cm³/mol. The lowest BCUT2D eigenvalue weighted by molar-refractivity contribution is -0.135. The fourth-order valence-electron chi connectivity index (χ4n) is 2.15. The maximum Gasteiger partial charge on any atom is 0.389 e. The van der Waals surface area contributed by atoms with Crippen molar-refractivity contribution in [1.29, 1.82) is 0 Å². The standard InChI is InChI=1S/C16H27F3O/c17-16(18,19)14-12-10-8-6-4-2-1-3-5-7-9-11-13-15-20/h11,13,15H,1-10,12,14H2. The van der Waals surface area contributed by atoms with Crippen LogP contribution in [0.25, 0.3) is 0 Å². The number of carbonyl (C=O) groups is 1. The van der Waals surface area contributed by atoms with Gasteiger partial charge in [0.05, 0.1) is 0 Å². The summed E-state index contributed by atoms with van der Waals surface area (Å²) < 4.78 is 35.6. The van der Waals surface area contributed by atoms with E-state index in [0.29, 0.717) is 6.42 Å². The van der Waals surface area contributed by atoms with Gasteiger partial charge in [0.2, 0.25) is 0 Å². The molecule has 0 bridgehead atoms. The Morgan fingerprint density at radius 2 is 1.15 bits per heavy atom. The second kappa shape index (κ2) is 13.2. The fourth-order valence-corrected chi connectivity index (χ4v) is 2.15. The molecule has 0 N–H and O–H groups in total. The van der Waals surface area contributed by atoms with Gasteiger partial charge in [-0.3, -0.25) is 4.79 Å². The van der Waals surface area contributed by atoms with Crippen molar-refractivity contribution < 1.29 is 18.0 Å². The lowest BCUT2D eigenvalue weighted by atomic mass is 10.1. The monoisotopic (exact) mass is 292 g/mol. The Bertz CT molecular complexity index is 247. The summed E-state index contributed by atoms with van der Waals surface area (Å²) in [4.78, 5) is 10.0. The molecular weight excluding hydrogens is 265 g/mol. The number of allylic oxidation sites excluding steroid dienone is 2. The number of rotatable bonds is 13. The smallest absolute Gasteiger partial charge is 0.299 e. The highest BCUT2D eigenvalue weighted by Gasteiger charge is 2.25. The zero-order valence-corrected chi connectivity index (χ0v) is 12.3. The van der Waals surface area contributed by atoms with E-state index >= 15 is 0 Å². The zero-order valence-electron chi connectivity index (χ0n) is 12.3. The van der Waals surface area contributed by atoms with Crippen molar-refractivity contribution in [3.8, 4) is 0 Å². The average molecular weight is 292 g/mol. The molecular formula is C16H27F3O.